The number of carbonyl (C=O) groups is 1. The minimum atomic E-state index is -0.0972. The zero-order valence-corrected chi connectivity index (χ0v) is 11.8. The Bertz CT molecular complexity index is 592. The van der Waals surface area contributed by atoms with Crippen molar-refractivity contribution in [2.24, 2.45) is 0 Å². The highest BCUT2D eigenvalue weighted by atomic mass is 16.2. The van der Waals surface area contributed by atoms with Gasteiger partial charge in [0.2, 0.25) is 11.4 Å². The summed E-state index contributed by atoms with van der Waals surface area (Å²) in [6.45, 7) is 8.02. The van der Waals surface area contributed by atoms with Crippen LogP contribution in [0.25, 0.3) is 0 Å². The minimum absolute atomic E-state index is 0.0972. The van der Waals surface area contributed by atoms with Crippen molar-refractivity contribution in [3.63, 3.8) is 0 Å². The van der Waals surface area contributed by atoms with Gasteiger partial charge in [-0.2, -0.15) is 0 Å². The highest BCUT2D eigenvalue weighted by molar-refractivity contribution is 5.98. The summed E-state index contributed by atoms with van der Waals surface area (Å²) >= 11 is 0. The molecular weight excluding hydrogens is 236 g/mol. The lowest BCUT2D eigenvalue weighted by Gasteiger charge is -2.06. The number of aryl methyl sites for hydroxylation is 4. The molecule has 1 N–H and O–H groups in total. The monoisotopic (exact) mass is 255 g/mol. The van der Waals surface area contributed by atoms with E-state index in [1.54, 1.807) is 0 Å². The second kappa shape index (κ2) is 5.22. The fraction of sp³-hybridized carbons (Fsp3) is 0.250. The van der Waals surface area contributed by atoms with Crippen molar-refractivity contribution >= 4 is 5.91 Å². The number of carbonyl (C=O) groups excluding carboxylic acids is 1. The van der Waals surface area contributed by atoms with Crippen LogP contribution in [0.1, 0.15) is 32.9 Å². The van der Waals surface area contributed by atoms with E-state index >= 15 is 0 Å². The van der Waals surface area contributed by atoms with E-state index in [1.807, 2.05) is 68.8 Å². The van der Waals surface area contributed by atoms with Crippen molar-refractivity contribution in [2.75, 3.05) is 5.43 Å². The molecule has 2 aromatic rings. The van der Waals surface area contributed by atoms with Gasteiger partial charge in [0.25, 0.3) is 0 Å². The van der Waals surface area contributed by atoms with E-state index < -0.39 is 0 Å². The van der Waals surface area contributed by atoms with Gasteiger partial charge in [-0.25, -0.2) is 0 Å². The molecule has 0 fully saturated rings. The number of nitrogens with one attached hydrogen (secondary N) is 1. The molecule has 1 aromatic carbocycles. The summed E-state index contributed by atoms with van der Waals surface area (Å²) in [6.07, 6.45) is 0. The van der Waals surface area contributed by atoms with Crippen LogP contribution in [-0.4, -0.2) is 5.91 Å². The van der Waals surface area contributed by atoms with E-state index in [0.29, 0.717) is 5.56 Å². The van der Waals surface area contributed by atoms with Crippen LogP contribution in [0.3, 0.4) is 0 Å². The molecule has 0 radical (unpaired) electrons. The summed E-state index contributed by atoms with van der Waals surface area (Å²) in [5.41, 5.74) is 7.94. The normalized spacial score (nSPS) is 10.3. The molecule has 19 heavy (non-hydrogen) atoms. The van der Waals surface area contributed by atoms with Gasteiger partial charge in [0, 0.05) is 31.5 Å². The largest absolute Gasteiger partial charge is 0.305 e. The Kier molecular flexibility index (Phi) is 3.65. The van der Waals surface area contributed by atoms with Gasteiger partial charge >= 0.3 is 5.91 Å². The zero-order chi connectivity index (χ0) is 14.0. The van der Waals surface area contributed by atoms with Gasteiger partial charge in [-0.1, -0.05) is 22.4 Å². The minimum Gasteiger partial charge on any atom is -0.264 e. The third-order valence-corrected chi connectivity index (χ3v) is 3.11. The van der Waals surface area contributed by atoms with Gasteiger partial charge in [0.05, 0.1) is 0 Å². The summed E-state index contributed by atoms with van der Waals surface area (Å²) in [7, 11) is 0. The second-order valence-electron chi connectivity index (χ2n) is 4.96. The van der Waals surface area contributed by atoms with Crippen LogP contribution >= 0.6 is 0 Å². The van der Waals surface area contributed by atoms with Crippen LogP contribution in [-0.2, 0) is 0 Å². The molecule has 3 heteroatoms. The molecular formula is C16H19N2O+. The molecule has 3 nitrogen and oxygen atoms in total. The number of nitrogens with zero attached hydrogens (tertiary/aromatic N) is 1. The molecule has 0 unspecified atom stereocenters. The van der Waals surface area contributed by atoms with E-state index in [1.165, 1.54) is 5.56 Å². The number of amides is 1. The Balaban J connectivity index is 2.26. The topological polar surface area (TPSA) is 33.0 Å². The standard InChI is InChI=1S/C16H18N2O/c1-11-5-7-15(8-6-11)16(19)17-18-13(3)9-12(2)10-14(18)4/h5-10H,1-4H3/p+1. The highest BCUT2D eigenvalue weighted by Crippen LogP contribution is 2.04. The predicted octanol–water partition coefficient (Wildman–Crippen LogP) is 2.59. The van der Waals surface area contributed by atoms with Crippen LogP contribution < -0.4 is 10.1 Å². The first-order valence-corrected chi connectivity index (χ1v) is 6.35. The third kappa shape index (κ3) is 2.99. The number of benzene rings is 1. The summed E-state index contributed by atoms with van der Waals surface area (Å²) in [5, 5.41) is 0. The lowest BCUT2D eigenvalue weighted by molar-refractivity contribution is -0.654. The van der Waals surface area contributed by atoms with Crippen LogP contribution in [0.5, 0.6) is 0 Å². The molecule has 0 aliphatic heterocycles. The molecule has 0 saturated heterocycles. The quantitative estimate of drug-likeness (QED) is 0.822. The molecule has 0 aliphatic rings. The van der Waals surface area contributed by atoms with Gasteiger partial charge in [-0.05, 0) is 31.5 Å². The molecule has 1 aromatic heterocycles. The zero-order valence-electron chi connectivity index (χ0n) is 11.8. The van der Waals surface area contributed by atoms with Gasteiger partial charge in [0.1, 0.15) is 0 Å². The van der Waals surface area contributed by atoms with E-state index in [9.17, 15) is 4.79 Å². The molecule has 0 spiro atoms. The maximum Gasteiger partial charge on any atom is 0.305 e. The molecule has 1 amide bonds. The maximum atomic E-state index is 12.2. The van der Waals surface area contributed by atoms with Gasteiger partial charge < -0.3 is 0 Å². The van der Waals surface area contributed by atoms with E-state index in [4.69, 9.17) is 0 Å². The Labute approximate surface area is 113 Å². The first kappa shape index (κ1) is 13.3. The SMILES string of the molecule is Cc1ccc(C(=O)N[n+]2c(C)cc(C)cc2C)cc1. The van der Waals surface area contributed by atoms with Crippen molar-refractivity contribution in [1.82, 2.24) is 0 Å². The summed E-state index contributed by atoms with van der Waals surface area (Å²) < 4.78 is 1.81. The fourth-order valence-electron chi connectivity index (χ4n) is 2.16. The molecule has 2 rings (SSSR count). The molecule has 1 heterocycles. The maximum absolute atomic E-state index is 12.2. The molecule has 0 aliphatic carbocycles. The number of pyridine rings is 1. The van der Waals surface area contributed by atoms with E-state index in [-0.39, 0.29) is 5.91 Å². The van der Waals surface area contributed by atoms with Crippen molar-refractivity contribution in [2.45, 2.75) is 27.7 Å². The van der Waals surface area contributed by atoms with E-state index in [0.717, 1.165) is 17.0 Å². The van der Waals surface area contributed by atoms with Crippen molar-refractivity contribution in [1.29, 1.82) is 0 Å². The van der Waals surface area contributed by atoms with Crippen LogP contribution in [0.15, 0.2) is 36.4 Å². The van der Waals surface area contributed by atoms with Gasteiger partial charge in [-0.15, -0.1) is 5.43 Å². The third-order valence-electron chi connectivity index (χ3n) is 3.11. The Morgan fingerprint density at radius 1 is 0.895 bits per heavy atom. The molecule has 0 saturated carbocycles. The smallest absolute Gasteiger partial charge is 0.264 e. The summed E-state index contributed by atoms with van der Waals surface area (Å²) in [5.74, 6) is -0.0972. The lowest BCUT2D eigenvalue weighted by atomic mass is 10.1. The highest BCUT2D eigenvalue weighted by Gasteiger charge is 2.16. The molecule has 98 valence electrons. The second-order valence-corrected chi connectivity index (χ2v) is 4.96. The molecule has 0 bridgehead atoms. The lowest BCUT2D eigenvalue weighted by Crippen LogP contribution is -2.52. The van der Waals surface area contributed by atoms with Crippen LogP contribution in [0.2, 0.25) is 0 Å². The van der Waals surface area contributed by atoms with Crippen LogP contribution in [0.4, 0.5) is 0 Å². The Morgan fingerprint density at radius 2 is 1.42 bits per heavy atom. The number of hydrogen-bond donors (Lipinski definition) is 1. The average molecular weight is 255 g/mol. The number of aromatic nitrogens is 1. The Hall–Kier alpha value is -2.16. The first-order valence-electron chi connectivity index (χ1n) is 6.35. The van der Waals surface area contributed by atoms with Crippen molar-refractivity contribution in [3.8, 4) is 0 Å². The molecule has 0 atom stereocenters. The van der Waals surface area contributed by atoms with Gasteiger partial charge in [-0.3, -0.25) is 4.79 Å². The number of hydrogen-bond acceptors (Lipinski definition) is 1. The summed E-state index contributed by atoms with van der Waals surface area (Å²) in [6, 6.07) is 11.6. The Morgan fingerprint density at radius 3 is 1.95 bits per heavy atom. The van der Waals surface area contributed by atoms with Crippen molar-refractivity contribution in [3.05, 3.63) is 64.5 Å². The first-order chi connectivity index (χ1) is 8.97. The number of rotatable bonds is 2. The van der Waals surface area contributed by atoms with Crippen LogP contribution in [0, 0.1) is 27.7 Å². The fourth-order valence-corrected chi connectivity index (χ4v) is 2.16. The summed E-state index contributed by atoms with van der Waals surface area (Å²) in [4.78, 5) is 12.2. The van der Waals surface area contributed by atoms with Crippen molar-refractivity contribution < 1.29 is 9.47 Å². The van der Waals surface area contributed by atoms with E-state index in [2.05, 4.69) is 5.43 Å². The van der Waals surface area contributed by atoms with Gasteiger partial charge in [0.15, 0.2) is 0 Å². The predicted molar refractivity (Wildman–Crippen MR) is 75.7 cm³/mol. The average Bonchev–Trinajstić information content (AvgIpc) is 2.34.